The molecular weight excluding hydrogens is 372 g/mol. The van der Waals surface area contributed by atoms with E-state index in [-0.39, 0.29) is 11.8 Å². The molecule has 0 unspecified atom stereocenters. The number of rotatable bonds is 8. The van der Waals surface area contributed by atoms with Crippen molar-refractivity contribution in [2.45, 2.75) is 19.6 Å². The summed E-state index contributed by atoms with van der Waals surface area (Å²) in [7, 11) is 1.52. The molecule has 0 bridgehead atoms. The first-order valence-electron chi connectivity index (χ1n) is 9.08. The molecule has 2 N–H and O–H groups in total. The van der Waals surface area contributed by atoms with Gasteiger partial charge in [0.1, 0.15) is 17.3 Å². The molecule has 0 aliphatic heterocycles. The van der Waals surface area contributed by atoms with E-state index < -0.39 is 6.10 Å². The van der Waals surface area contributed by atoms with E-state index in [2.05, 4.69) is 10.6 Å². The molecule has 3 aromatic rings. The van der Waals surface area contributed by atoms with E-state index in [0.29, 0.717) is 35.1 Å². The van der Waals surface area contributed by atoms with Crippen LogP contribution >= 0.6 is 0 Å². The van der Waals surface area contributed by atoms with E-state index in [1.54, 1.807) is 73.9 Å². The van der Waals surface area contributed by atoms with E-state index in [4.69, 9.17) is 13.9 Å². The van der Waals surface area contributed by atoms with Crippen molar-refractivity contribution < 1.29 is 23.5 Å². The minimum atomic E-state index is -0.681. The predicted octanol–water partition coefficient (Wildman–Crippen LogP) is 3.62. The third-order valence-electron chi connectivity index (χ3n) is 4.16. The second-order valence-corrected chi connectivity index (χ2v) is 6.24. The molecule has 2 aromatic carbocycles. The summed E-state index contributed by atoms with van der Waals surface area (Å²) in [5.74, 6) is 1.15. The maximum absolute atomic E-state index is 12.4. The van der Waals surface area contributed by atoms with Gasteiger partial charge in [-0.1, -0.05) is 12.1 Å². The zero-order valence-corrected chi connectivity index (χ0v) is 16.2. The minimum Gasteiger partial charge on any atom is -0.496 e. The Morgan fingerprint density at radius 3 is 2.48 bits per heavy atom. The summed E-state index contributed by atoms with van der Waals surface area (Å²) in [6.07, 6.45) is 0.870. The summed E-state index contributed by atoms with van der Waals surface area (Å²) in [6, 6.07) is 17.3. The van der Waals surface area contributed by atoms with Gasteiger partial charge >= 0.3 is 0 Å². The lowest BCUT2D eigenvalue weighted by molar-refractivity contribution is -0.127. The summed E-state index contributed by atoms with van der Waals surface area (Å²) < 4.78 is 16.0. The van der Waals surface area contributed by atoms with Crippen molar-refractivity contribution in [1.82, 2.24) is 5.32 Å². The third kappa shape index (κ3) is 5.38. The molecule has 0 aliphatic rings. The molecule has 2 amide bonds. The van der Waals surface area contributed by atoms with Crippen molar-refractivity contribution in [3.63, 3.8) is 0 Å². The molecule has 0 radical (unpaired) electrons. The van der Waals surface area contributed by atoms with E-state index in [1.807, 2.05) is 0 Å². The fraction of sp³-hybridized carbons (Fsp3) is 0.182. The van der Waals surface area contributed by atoms with Crippen molar-refractivity contribution in [1.29, 1.82) is 0 Å². The van der Waals surface area contributed by atoms with Crippen LogP contribution in [-0.2, 0) is 11.3 Å². The van der Waals surface area contributed by atoms with Gasteiger partial charge < -0.3 is 24.5 Å². The van der Waals surface area contributed by atoms with Crippen molar-refractivity contribution in [3.8, 4) is 11.5 Å². The van der Waals surface area contributed by atoms with Gasteiger partial charge in [-0.3, -0.25) is 9.59 Å². The normalized spacial score (nSPS) is 11.4. The number of para-hydroxylation sites is 1. The van der Waals surface area contributed by atoms with Crippen molar-refractivity contribution >= 4 is 17.5 Å². The number of nitrogens with one attached hydrogen (secondary N) is 2. The second-order valence-electron chi connectivity index (χ2n) is 6.24. The molecule has 1 aromatic heterocycles. The molecule has 0 spiro atoms. The predicted molar refractivity (Wildman–Crippen MR) is 108 cm³/mol. The molecular formula is C22H22N2O5. The van der Waals surface area contributed by atoms with Crippen molar-refractivity contribution in [3.05, 3.63) is 78.3 Å². The largest absolute Gasteiger partial charge is 0.496 e. The van der Waals surface area contributed by atoms with Crippen LogP contribution < -0.4 is 20.1 Å². The number of carbonyl (C=O) groups is 2. The molecule has 29 heavy (non-hydrogen) atoms. The Morgan fingerprint density at radius 1 is 1.03 bits per heavy atom. The van der Waals surface area contributed by atoms with Crippen molar-refractivity contribution in [2.75, 3.05) is 12.4 Å². The first-order valence-corrected chi connectivity index (χ1v) is 9.08. The quantitative estimate of drug-likeness (QED) is 0.609. The first-order chi connectivity index (χ1) is 14.1. The van der Waals surface area contributed by atoms with E-state index in [1.165, 1.54) is 7.11 Å². The lowest BCUT2D eigenvalue weighted by atomic mass is 10.2. The monoisotopic (exact) mass is 394 g/mol. The van der Waals surface area contributed by atoms with Crippen molar-refractivity contribution in [2.24, 2.45) is 0 Å². The lowest BCUT2D eigenvalue weighted by Crippen LogP contribution is -2.35. The van der Waals surface area contributed by atoms with E-state index in [9.17, 15) is 9.59 Å². The lowest BCUT2D eigenvalue weighted by Gasteiger charge is -2.15. The molecule has 1 heterocycles. The van der Waals surface area contributed by atoms with Crippen LogP contribution in [-0.4, -0.2) is 25.0 Å². The summed E-state index contributed by atoms with van der Waals surface area (Å²) in [4.78, 5) is 24.6. The van der Waals surface area contributed by atoms with Crippen LogP contribution in [0.25, 0.3) is 0 Å². The Morgan fingerprint density at radius 2 is 1.79 bits per heavy atom. The number of benzene rings is 2. The number of ether oxygens (including phenoxy) is 2. The summed E-state index contributed by atoms with van der Waals surface area (Å²) in [5.41, 5.74) is 1.04. The number of furan rings is 1. The number of amides is 2. The van der Waals surface area contributed by atoms with Gasteiger partial charge in [0.25, 0.3) is 11.8 Å². The number of hydrogen-bond acceptors (Lipinski definition) is 5. The molecule has 7 nitrogen and oxygen atoms in total. The third-order valence-corrected chi connectivity index (χ3v) is 4.16. The first kappa shape index (κ1) is 20.0. The topological polar surface area (TPSA) is 89.8 Å². The maximum atomic E-state index is 12.4. The van der Waals surface area contributed by atoms with Crippen LogP contribution in [0.3, 0.4) is 0 Å². The Kier molecular flexibility index (Phi) is 6.52. The fourth-order valence-electron chi connectivity index (χ4n) is 2.64. The molecule has 1 atom stereocenters. The molecule has 0 aliphatic carbocycles. The summed E-state index contributed by atoms with van der Waals surface area (Å²) in [6.45, 7) is 1.96. The van der Waals surface area contributed by atoms with Crippen LogP contribution in [0.4, 0.5) is 5.69 Å². The number of anilines is 1. The van der Waals surface area contributed by atoms with E-state index >= 15 is 0 Å². The molecule has 0 saturated heterocycles. The van der Waals surface area contributed by atoms with Gasteiger partial charge in [-0.2, -0.15) is 0 Å². The highest BCUT2D eigenvalue weighted by Gasteiger charge is 2.15. The smallest absolute Gasteiger partial charge is 0.261 e. The molecule has 3 rings (SSSR count). The highest BCUT2D eigenvalue weighted by Crippen LogP contribution is 2.21. The SMILES string of the molecule is COc1ccccc1C(=O)Nc1ccc(O[C@@H](C)C(=O)NCc2ccco2)cc1. The van der Waals surface area contributed by atoms with Gasteiger partial charge in [-0.15, -0.1) is 0 Å². The highest BCUT2D eigenvalue weighted by atomic mass is 16.5. The van der Waals surface area contributed by atoms with Crippen LogP contribution in [0, 0.1) is 0 Å². The number of methoxy groups -OCH3 is 1. The number of hydrogen-bond donors (Lipinski definition) is 2. The van der Waals surface area contributed by atoms with Crippen LogP contribution in [0.1, 0.15) is 23.0 Å². The second kappa shape index (κ2) is 9.45. The summed E-state index contributed by atoms with van der Waals surface area (Å²) >= 11 is 0. The van der Waals surface area contributed by atoms with Crippen LogP contribution in [0.5, 0.6) is 11.5 Å². The standard InChI is InChI=1S/C22H22N2O5/c1-15(21(25)23-14-18-6-5-13-28-18)29-17-11-9-16(10-12-17)24-22(26)19-7-3-4-8-20(19)27-2/h3-13,15H,14H2,1-2H3,(H,23,25)(H,24,26)/t15-/m0/s1. The molecule has 150 valence electrons. The highest BCUT2D eigenvalue weighted by molar-refractivity contribution is 6.06. The van der Waals surface area contributed by atoms with Crippen LogP contribution in [0.2, 0.25) is 0 Å². The zero-order chi connectivity index (χ0) is 20.6. The van der Waals surface area contributed by atoms with Gasteiger partial charge in [0.2, 0.25) is 0 Å². The average molecular weight is 394 g/mol. The van der Waals surface area contributed by atoms with Crippen LogP contribution in [0.15, 0.2) is 71.3 Å². The van der Waals surface area contributed by atoms with E-state index in [0.717, 1.165) is 0 Å². The van der Waals surface area contributed by atoms with Gasteiger partial charge in [0, 0.05) is 5.69 Å². The molecule has 0 fully saturated rings. The Bertz CT molecular complexity index is 952. The Labute approximate surface area is 168 Å². The Balaban J connectivity index is 1.54. The van der Waals surface area contributed by atoms with Gasteiger partial charge in [-0.05, 0) is 55.5 Å². The summed E-state index contributed by atoms with van der Waals surface area (Å²) in [5, 5.41) is 5.55. The zero-order valence-electron chi connectivity index (χ0n) is 16.2. The molecule has 0 saturated carbocycles. The minimum absolute atomic E-state index is 0.255. The molecule has 7 heteroatoms. The Hall–Kier alpha value is -3.74. The van der Waals surface area contributed by atoms with Gasteiger partial charge in [-0.25, -0.2) is 0 Å². The number of carbonyl (C=O) groups excluding carboxylic acids is 2. The van der Waals surface area contributed by atoms with Gasteiger partial charge in [0.15, 0.2) is 6.10 Å². The average Bonchev–Trinajstić information content (AvgIpc) is 3.27. The van der Waals surface area contributed by atoms with Gasteiger partial charge in [0.05, 0.1) is 25.5 Å². The maximum Gasteiger partial charge on any atom is 0.261 e. The fourth-order valence-corrected chi connectivity index (χ4v) is 2.64.